The second-order valence-corrected chi connectivity index (χ2v) is 4.41. The minimum Gasteiger partial charge on any atom is -0.505 e. The van der Waals surface area contributed by atoms with Crippen molar-refractivity contribution in [3.8, 4) is 22.6 Å². The van der Waals surface area contributed by atoms with Gasteiger partial charge >= 0.3 is 0 Å². The molecule has 0 amide bonds. The summed E-state index contributed by atoms with van der Waals surface area (Å²) in [4.78, 5) is 0. The van der Waals surface area contributed by atoms with Crippen LogP contribution in [0.3, 0.4) is 0 Å². The summed E-state index contributed by atoms with van der Waals surface area (Å²) < 4.78 is 19.1. The molecular weight excluding hydrogens is 231 g/mol. The van der Waals surface area contributed by atoms with Gasteiger partial charge in [0.15, 0.2) is 11.6 Å². The Bertz CT molecular complexity index is 593. The highest BCUT2D eigenvalue weighted by molar-refractivity contribution is 5.73. The van der Waals surface area contributed by atoms with Crippen molar-refractivity contribution >= 4 is 0 Å². The third kappa shape index (κ3) is 1.82. The van der Waals surface area contributed by atoms with Gasteiger partial charge in [-0.05, 0) is 36.1 Å². The number of phenolic OH excluding ortho intramolecular Hbond substituents is 1. The Hall–Kier alpha value is -2.03. The molecule has 1 aliphatic rings. The van der Waals surface area contributed by atoms with E-state index in [1.54, 1.807) is 6.07 Å². The summed E-state index contributed by atoms with van der Waals surface area (Å²) in [7, 11) is 0. The van der Waals surface area contributed by atoms with Crippen LogP contribution in [0.5, 0.6) is 11.5 Å². The molecule has 3 rings (SSSR count). The van der Waals surface area contributed by atoms with Crippen LogP contribution < -0.4 is 4.74 Å². The molecule has 0 atom stereocenters. The van der Waals surface area contributed by atoms with Gasteiger partial charge in [-0.1, -0.05) is 24.3 Å². The van der Waals surface area contributed by atoms with E-state index in [0.29, 0.717) is 6.61 Å². The summed E-state index contributed by atoms with van der Waals surface area (Å²) in [5, 5.41) is 9.22. The molecule has 0 fully saturated rings. The summed E-state index contributed by atoms with van der Waals surface area (Å²) in [5.74, 6) is -0.0979. The lowest BCUT2D eigenvalue weighted by atomic mass is 9.97. The zero-order chi connectivity index (χ0) is 12.5. The second kappa shape index (κ2) is 4.33. The third-order valence-corrected chi connectivity index (χ3v) is 3.19. The molecule has 3 heteroatoms. The monoisotopic (exact) mass is 244 g/mol. The summed E-state index contributed by atoms with van der Waals surface area (Å²) in [6.07, 6.45) is 2.00. The third-order valence-electron chi connectivity index (χ3n) is 3.19. The Morgan fingerprint density at radius 3 is 2.89 bits per heavy atom. The van der Waals surface area contributed by atoms with Gasteiger partial charge in [0.2, 0.25) is 0 Å². The lowest BCUT2D eigenvalue weighted by Gasteiger charge is -2.20. The molecule has 1 heterocycles. The minimum atomic E-state index is -0.610. The zero-order valence-electron chi connectivity index (χ0n) is 9.82. The Labute approximate surface area is 105 Å². The number of hydrogen-bond donors (Lipinski definition) is 1. The van der Waals surface area contributed by atoms with E-state index in [-0.39, 0.29) is 5.75 Å². The van der Waals surface area contributed by atoms with E-state index in [1.165, 1.54) is 12.1 Å². The van der Waals surface area contributed by atoms with E-state index in [4.69, 9.17) is 4.74 Å². The fraction of sp³-hybridized carbons (Fsp3) is 0.200. The average Bonchev–Trinajstić information content (AvgIpc) is 2.41. The summed E-state index contributed by atoms with van der Waals surface area (Å²) in [6, 6.07) is 10.3. The van der Waals surface area contributed by atoms with Crippen LogP contribution in [-0.4, -0.2) is 11.7 Å². The van der Waals surface area contributed by atoms with Gasteiger partial charge in [0, 0.05) is 5.56 Å². The lowest BCUT2D eigenvalue weighted by Crippen LogP contribution is -2.09. The molecule has 0 aromatic heterocycles. The highest BCUT2D eigenvalue weighted by Crippen LogP contribution is 2.37. The lowest BCUT2D eigenvalue weighted by molar-refractivity contribution is 0.289. The highest BCUT2D eigenvalue weighted by atomic mass is 19.1. The van der Waals surface area contributed by atoms with Gasteiger partial charge in [0.25, 0.3) is 0 Å². The van der Waals surface area contributed by atoms with Gasteiger partial charge < -0.3 is 9.84 Å². The highest BCUT2D eigenvalue weighted by Gasteiger charge is 2.16. The molecule has 0 aliphatic carbocycles. The van der Waals surface area contributed by atoms with Crippen molar-refractivity contribution in [3.05, 3.63) is 47.8 Å². The number of fused-ring (bicyclic) bond motifs is 1. The van der Waals surface area contributed by atoms with Gasteiger partial charge in [-0.3, -0.25) is 0 Å². The molecule has 18 heavy (non-hydrogen) atoms. The molecule has 2 aromatic rings. The number of hydrogen-bond acceptors (Lipinski definition) is 2. The Morgan fingerprint density at radius 2 is 2.06 bits per heavy atom. The van der Waals surface area contributed by atoms with E-state index in [9.17, 15) is 9.50 Å². The van der Waals surface area contributed by atoms with Crippen molar-refractivity contribution in [3.63, 3.8) is 0 Å². The van der Waals surface area contributed by atoms with Crippen LogP contribution in [0.15, 0.2) is 36.4 Å². The molecule has 0 saturated carbocycles. The Balaban J connectivity index is 2.13. The molecule has 0 spiro atoms. The molecule has 2 nitrogen and oxygen atoms in total. The van der Waals surface area contributed by atoms with E-state index < -0.39 is 5.82 Å². The maximum atomic E-state index is 13.4. The summed E-state index contributed by atoms with van der Waals surface area (Å²) >= 11 is 0. The molecular formula is C15H13FO2. The molecule has 1 aliphatic heterocycles. The first kappa shape index (κ1) is 11.1. The number of benzene rings is 2. The van der Waals surface area contributed by atoms with E-state index >= 15 is 0 Å². The SMILES string of the molecule is Oc1ccc(-c2cccc3c2OCCC3)cc1F. The van der Waals surface area contributed by atoms with Crippen LogP contribution in [0.25, 0.3) is 11.1 Å². The molecule has 92 valence electrons. The molecule has 0 bridgehead atoms. The molecule has 2 aromatic carbocycles. The fourth-order valence-corrected chi connectivity index (χ4v) is 2.29. The van der Waals surface area contributed by atoms with Crippen LogP contribution in [0, 0.1) is 5.82 Å². The predicted octanol–water partition coefficient (Wildman–Crippen LogP) is 3.52. The number of phenols is 1. The molecule has 1 N–H and O–H groups in total. The van der Waals surface area contributed by atoms with Gasteiger partial charge in [0.1, 0.15) is 5.75 Å². The maximum Gasteiger partial charge on any atom is 0.165 e. The van der Waals surface area contributed by atoms with E-state index in [1.807, 2.05) is 18.2 Å². The van der Waals surface area contributed by atoms with Crippen molar-refractivity contribution in [2.75, 3.05) is 6.61 Å². The predicted molar refractivity (Wildman–Crippen MR) is 67.3 cm³/mol. The van der Waals surface area contributed by atoms with E-state index in [2.05, 4.69) is 0 Å². The first-order valence-corrected chi connectivity index (χ1v) is 5.99. The molecule has 0 unspecified atom stereocenters. The normalized spacial score (nSPS) is 13.8. The van der Waals surface area contributed by atoms with Gasteiger partial charge in [0.05, 0.1) is 6.61 Å². The number of halogens is 1. The van der Waals surface area contributed by atoms with Gasteiger partial charge in [-0.2, -0.15) is 0 Å². The van der Waals surface area contributed by atoms with Crippen molar-refractivity contribution < 1.29 is 14.2 Å². The van der Waals surface area contributed by atoms with Crippen molar-refractivity contribution in [2.45, 2.75) is 12.8 Å². The number of ether oxygens (including phenoxy) is 1. The smallest absolute Gasteiger partial charge is 0.165 e. The van der Waals surface area contributed by atoms with Gasteiger partial charge in [-0.25, -0.2) is 4.39 Å². The first-order chi connectivity index (χ1) is 8.75. The van der Waals surface area contributed by atoms with Crippen molar-refractivity contribution in [1.29, 1.82) is 0 Å². The number of para-hydroxylation sites is 1. The van der Waals surface area contributed by atoms with Crippen LogP contribution in [0.2, 0.25) is 0 Å². The Morgan fingerprint density at radius 1 is 1.17 bits per heavy atom. The van der Waals surface area contributed by atoms with Crippen molar-refractivity contribution in [1.82, 2.24) is 0 Å². The largest absolute Gasteiger partial charge is 0.505 e. The zero-order valence-corrected chi connectivity index (χ0v) is 9.82. The summed E-state index contributed by atoms with van der Waals surface area (Å²) in [6.45, 7) is 0.699. The van der Waals surface area contributed by atoms with E-state index in [0.717, 1.165) is 35.3 Å². The first-order valence-electron chi connectivity index (χ1n) is 5.99. The second-order valence-electron chi connectivity index (χ2n) is 4.41. The maximum absolute atomic E-state index is 13.4. The fourth-order valence-electron chi connectivity index (χ4n) is 2.29. The van der Waals surface area contributed by atoms with Crippen LogP contribution in [0.4, 0.5) is 4.39 Å². The average molecular weight is 244 g/mol. The standard InChI is InChI=1S/C15H13FO2/c16-13-9-11(6-7-14(13)17)12-5-1-3-10-4-2-8-18-15(10)12/h1,3,5-7,9,17H,2,4,8H2. The van der Waals surface area contributed by atoms with Crippen molar-refractivity contribution in [2.24, 2.45) is 0 Å². The Kier molecular flexibility index (Phi) is 2.67. The van der Waals surface area contributed by atoms with Crippen LogP contribution >= 0.6 is 0 Å². The van der Waals surface area contributed by atoms with Crippen LogP contribution in [0.1, 0.15) is 12.0 Å². The quantitative estimate of drug-likeness (QED) is 0.831. The number of aryl methyl sites for hydroxylation is 1. The van der Waals surface area contributed by atoms with Gasteiger partial charge in [-0.15, -0.1) is 0 Å². The number of rotatable bonds is 1. The minimum absolute atomic E-state index is 0.329. The van der Waals surface area contributed by atoms with Crippen LogP contribution in [-0.2, 0) is 6.42 Å². The summed E-state index contributed by atoms with van der Waals surface area (Å²) in [5.41, 5.74) is 2.77. The molecule has 0 saturated heterocycles. The molecule has 0 radical (unpaired) electrons. The topological polar surface area (TPSA) is 29.5 Å². The number of aromatic hydroxyl groups is 1.